The van der Waals surface area contributed by atoms with Crippen molar-refractivity contribution in [3.05, 3.63) is 94.6 Å². The molecule has 2 heterocycles. The number of fused-ring (bicyclic) bond motifs is 1. The molecule has 2 aromatic heterocycles. The molecular formula is C24H16ClN3O3S. The maximum atomic E-state index is 11.9. The van der Waals surface area contributed by atoms with Crippen molar-refractivity contribution in [2.45, 2.75) is 6.61 Å². The van der Waals surface area contributed by atoms with Gasteiger partial charge in [0.15, 0.2) is 5.13 Å². The number of rotatable bonds is 6. The molecule has 5 rings (SSSR count). The quantitative estimate of drug-likeness (QED) is 0.331. The van der Waals surface area contributed by atoms with Gasteiger partial charge >= 0.3 is 5.97 Å². The van der Waals surface area contributed by atoms with E-state index in [2.05, 4.69) is 9.97 Å². The van der Waals surface area contributed by atoms with Crippen LogP contribution in [-0.2, 0) is 6.61 Å². The topological polar surface area (TPSA) is 77.2 Å². The summed E-state index contributed by atoms with van der Waals surface area (Å²) < 4.78 is 7.72. The standard InChI is InChI=1S/C24H16ClN3O3S/c25-17-8-4-7-16(11-17)21-22(23(29)30)32-24(27-21)28-14-26-19-10-9-18(12-20(19)28)31-13-15-5-2-1-3-6-15/h1-12,14H,13H2,(H,29,30). The summed E-state index contributed by atoms with van der Waals surface area (Å²) in [5.74, 6) is -0.354. The van der Waals surface area contributed by atoms with Crippen molar-refractivity contribution in [3.63, 3.8) is 0 Å². The lowest BCUT2D eigenvalue weighted by atomic mass is 10.1. The van der Waals surface area contributed by atoms with E-state index in [-0.39, 0.29) is 4.88 Å². The summed E-state index contributed by atoms with van der Waals surface area (Å²) in [6, 6.07) is 22.5. The van der Waals surface area contributed by atoms with Crippen LogP contribution in [0.25, 0.3) is 27.4 Å². The number of carboxylic acid groups (broad SMARTS) is 1. The Labute approximate surface area is 192 Å². The molecule has 0 aliphatic carbocycles. The van der Waals surface area contributed by atoms with Crippen LogP contribution in [0, 0.1) is 0 Å². The zero-order chi connectivity index (χ0) is 22.1. The predicted octanol–water partition coefficient (Wildman–Crippen LogP) is 6.08. The molecule has 0 atom stereocenters. The SMILES string of the molecule is O=C(O)c1sc(-n2cnc3ccc(OCc4ccccc4)cc32)nc1-c1cccc(Cl)c1. The predicted molar refractivity (Wildman–Crippen MR) is 125 cm³/mol. The number of carbonyl (C=O) groups is 1. The lowest BCUT2D eigenvalue weighted by Gasteiger charge is -2.07. The Balaban J connectivity index is 1.53. The molecule has 1 N–H and O–H groups in total. The summed E-state index contributed by atoms with van der Waals surface area (Å²) in [6.45, 7) is 0.444. The van der Waals surface area contributed by atoms with E-state index in [9.17, 15) is 9.90 Å². The average molecular weight is 462 g/mol. The first-order chi connectivity index (χ1) is 15.6. The minimum atomic E-state index is -1.04. The van der Waals surface area contributed by atoms with Crippen LogP contribution in [0.2, 0.25) is 5.02 Å². The number of ether oxygens (including phenoxy) is 1. The highest BCUT2D eigenvalue weighted by atomic mass is 35.5. The monoisotopic (exact) mass is 461 g/mol. The van der Waals surface area contributed by atoms with Crippen LogP contribution in [-0.4, -0.2) is 25.6 Å². The summed E-state index contributed by atoms with van der Waals surface area (Å²) in [5, 5.41) is 10.8. The van der Waals surface area contributed by atoms with Gasteiger partial charge in [0.05, 0.1) is 16.7 Å². The lowest BCUT2D eigenvalue weighted by Crippen LogP contribution is -1.96. The minimum Gasteiger partial charge on any atom is -0.489 e. The third-order valence-electron chi connectivity index (χ3n) is 4.88. The number of hydrogen-bond acceptors (Lipinski definition) is 5. The van der Waals surface area contributed by atoms with Gasteiger partial charge in [-0.2, -0.15) is 0 Å². The number of carboxylic acids is 1. The molecule has 0 unspecified atom stereocenters. The first kappa shape index (κ1) is 20.2. The normalized spacial score (nSPS) is 11.0. The van der Waals surface area contributed by atoms with Crippen LogP contribution in [0.1, 0.15) is 15.2 Å². The van der Waals surface area contributed by atoms with Crippen molar-refractivity contribution in [2.75, 3.05) is 0 Å². The van der Waals surface area contributed by atoms with Crippen molar-refractivity contribution < 1.29 is 14.6 Å². The summed E-state index contributed by atoms with van der Waals surface area (Å²) in [4.78, 5) is 21.1. The Bertz CT molecular complexity index is 1430. The number of aromatic carboxylic acids is 1. The molecular weight excluding hydrogens is 446 g/mol. The molecule has 3 aromatic carbocycles. The summed E-state index contributed by atoms with van der Waals surface area (Å²) in [7, 11) is 0. The molecule has 6 nitrogen and oxygen atoms in total. The maximum Gasteiger partial charge on any atom is 0.348 e. The average Bonchev–Trinajstić information content (AvgIpc) is 3.42. The number of nitrogens with zero attached hydrogens (tertiary/aromatic N) is 3. The Morgan fingerprint density at radius 1 is 1.06 bits per heavy atom. The number of aromatic nitrogens is 3. The van der Waals surface area contributed by atoms with E-state index in [1.165, 1.54) is 0 Å². The number of halogens is 1. The van der Waals surface area contributed by atoms with Gasteiger partial charge in [-0.05, 0) is 29.8 Å². The van der Waals surface area contributed by atoms with Crippen molar-refractivity contribution in [2.24, 2.45) is 0 Å². The van der Waals surface area contributed by atoms with Crippen LogP contribution in [0.3, 0.4) is 0 Å². The zero-order valence-corrected chi connectivity index (χ0v) is 18.2. The van der Waals surface area contributed by atoms with E-state index >= 15 is 0 Å². The fourth-order valence-electron chi connectivity index (χ4n) is 3.36. The van der Waals surface area contributed by atoms with Gasteiger partial charge in [0, 0.05) is 16.7 Å². The van der Waals surface area contributed by atoms with Crippen LogP contribution in [0.15, 0.2) is 79.1 Å². The van der Waals surface area contributed by atoms with Gasteiger partial charge in [-0.15, -0.1) is 0 Å². The highest BCUT2D eigenvalue weighted by Gasteiger charge is 2.21. The maximum absolute atomic E-state index is 11.9. The molecule has 0 saturated heterocycles. The number of benzene rings is 3. The second-order valence-corrected chi connectivity index (χ2v) is 8.44. The van der Waals surface area contributed by atoms with Gasteiger partial charge < -0.3 is 9.84 Å². The number of imidazole rings is 1. The number of hydrogen-bond donors (Lipinski definition) is 1. The van der Waals surface area contributed by atoms with Gasteiger partial charge in [-0.1, -0.05) is 65.4 Å². The molecule has 0 bridgehead atoms. The summed E-state index contributed by atoms with van der Waals surface area (Å²) >= 11 is 7.19. The van der Waals surface area contributed by atoms with E-state index in [4.69, 9.17) is 16.3 Å². The zero-order valence-electron chi connectivity index (χ0n) is 16.6. The van der Waals surface area contributed by atoms with E-state index in [0.29, 0.717) is 33.8 Å². The van der Waals surface area contributed by atoms with E-state index in [1.807, 2.05) is 48.5 Å². The van der Waals surface area contributed by atoms with Gasteiger partial charge in [0.2, 0.25) is 0 Å². The molecule has 0 fully saturated rings. The van der Waals surface area contributed by atoms with Gasteiger partial charge in [-0.3, -0.25) is 4.57 Å². The van der Waals surface area contributed by atoms with Crippen molar-refractivity contribution >= 4 is 39.9 Å². The second-order valence-electron chi connectivity index (χ2n) is 7.03. The van der Waals surface area contributed by atoms with E-state index in [0.717, 1.165) is 27.9 Å². The van der Waals surface area contributed by atoms with Gasteiger partial charge in [0.1, 0.15) is 23.6 Å². The second kappa shape index (κ2) is 8.45. The molecule has 5 aromatic rings. The Morgan fingerprint density at radius 3 is 2.69 bits per heavy atom. The summed E-state index contributed by atoms with van der Waals surface area (Å²) in [5.41, 5.74) is 3.62. The van der Waals surface area contributed by atoms with E-state index in [1.54, 1.807) is 35.2 Å². The van der Waals surface area contributed by atoms with Crippen LogP contribution < -0.4 is 4.74 Å². The van der Waals surface area contributed by atoms with Crippen LogP contribution in [0.4, 0.5) is 0 Å². The third kappa shape index (κ3) is 3.95. The van der Waals surface area contributed by atoms with Crippen molar-refractivity contribution in [1.82, 2.24) is 14.5 Å². The molecule has 32 heavy (non-hydrogen) atoms. The smallest absolute Gasteiger partial charge is 0.348 e. The molecule has 0 aliphatic rings. The molecule has 158 valence electrons. The van der Waals surface area contributed by atoms with Crippen molar-refractivity contribution in [3.8, 4) is 22.1 Å². The largest absolute Gasteiger partial charge is 0.489 e. The minimum absolute atomic E-state index is 0.139. The highest BCUT2D eigenvalue weighted by molar-refractivity contribution is 7.16. The molecule has 0 radical (unpaired) electrons. The molecule has 8 heteroatoms. The van der Waals surface area contributed by atoms with E-state index < -0.39 is 5.97 Å². The van der Waals surface area contributed by atoms with Crippen molar-refractivity contribution in [1.29, 1.82) is 0 Å². The van der Waals surface area contributed by atoms with Crippen LogP contribution >= 0.6 is 22.9 Å². The fraction of sp³-hybridized carbons (Fsp3) is 0.0417. The molecule has 0 aliphatic heterocycles. The molecule has 0 spiro atoms. The Kier molecular flexibility index (Phi) is 5.34. The van der Waals surface area contributed by atoms with Gasteiger partial charge in [0.25, 0.3) is 0 Å². The molecule has 0 saturated carbocycles. The summed E-state index contributed by atoms with van der Waals surface area (Å²) in [6.07, 6.45) is 1.64. The molecule has 0 amide bonds. The number of thiazole rings is 1. The Morgan fingerprint density at radius 2 is 1.91 bits per heavy atom. The highest BCUT2D eigenvalue weighted by Crippen LogP contribution is 2.33. The fourth-order valence-corrected chi connectivity index (χ4v) is 4.46. The van der Waals surface area contributed by atoms with Crippen LogP contribution in [0.5, 0.6) is 5.75 Å². The first-order valence-corrected chi connectivity index (χ1v) is 10.9. The Hall–Kier alpha value is -3.68. The third-order valence-corrected chi connectivity index (χ3v) is 6.16. The van der Waals surface area contributed by atoms with Gasteiger partial charge in [-0.25, -0.2) is 14.8 Å². The lowest BCUT2D eigenvalue weighted by molar-refractivity contribution is 0.0702. The first-order valence-electron chi connectivity index (χ1n) is 9.73.